The molecule has 0 radical (unpaired) electrons. The van der Waals surface area contributed by atoms with Crippen LogP contribution in [-0.4, -0.2) is 50.5 Å². The van der Waals surface area contributed by atoms with E-state index in [9.17, 15) is 0 Å². The molecule has 1 aliphatic heterocycles. The number of methoxy groups -OCH3 is 1. The smallest absolute Gasteiger partial charge is 0.0589 e. The second-order valence-corrected chi connectivity index (χ2v) is 6.61. The Morgan fingerprint density at radius 1 is 1.18 bits per heavy atom. The molecule has 0 unspecified atom stereocenters. The van der Waals surface area contributed by atoms with Gasteiger partial charge in [0, 0.05) is 31.8 Å². The first-order chi connectivity index (χ1) is 10.9. The average Bonchev–Trinajstić information content (AvgIpc) is 3.34. The molecule has 1 saturated carbocycles. The number of likely N-dealkylation sites (tertiary alicyclic amines) is 1. The van der Waals surface area contributed by atoms with Gasteiger partial charge in [-0.2, -0.15) is 0 Å². The molecule has 0 bridgehead atoms. The number of piperidine rings is 1. The Bertz CT molecular complexity index is 477. The predicted octanol–water partition coefficient (Wildman–Crippen LogP) is 3.36. The maximum Gasteiger partial charge on any atom is 0.0589 e. The van der Waals surface area contributed by atoms with Gasteiger partial charge in [-0.3, -0.25) is 4.99 Å². The van der Waals surface area contributed by atoms with Gasteiger partial charge >= 0.3 is 0 Å². The van der Waals surface area contributed by atoms with Gasteiger partial charge in [0.15, 0.2) is 0 Å². The van der Waals surface area contributed by atoms with Crippen LogP contribution in [0.3, 0.4) is 0 Å². The van der Waals surface area contributed by atoms with E-state index >= 15 is 0 Å². The lowest BCUT2D eigenvalue weighted by Crippen LogP contribution is -2.36. The second kappa shape index (κ2) is 7.89. The molecule has 120 valence electrons. The number of hydrogen-bond donors (Lipinski definition) is 0. The Morgan fingerprint density at radius 2 is 1.95 bits per heavy atom. The van der Waals surface area contributed by atoms with Crippen molar-refractivity contribution in [3.05, 3.63) is 35.9 Å². The highest BCUT2D eigenvalue weighted by atomic mass is 16.5. The summed E-state index contributed by atoms with van der Waals surface area (Å²) in [6.07, 6.45) is 5.11. The van der Waals surface area contributed by atoms with E-state index in [-0.39, 0.29) is 0 Å². The molecule has 1 heterocycles. The zero-order valence-corrected chi connectivity index (χ0v) is 13.7. The molecule has 0 amide bonds. The van der Waals surface area contributed by atoms with E-state index in [1.165, 1.54) is 50.0 Å². The molecule has 1 aromatic carbocycles. The highest BCUT2D eigenvalue weighted by Gasteiger charge is 2.32. The summed E-state index contributed by atoms with van der Waals surface area (Å²) in [5.74, 6) is 1.49. The van der Waals surface area contributed by atoms with Gasteiger partial charge in [0.25, 0.3) is 0 Å². The van der Waals surface area contributed by atoms with Crippen molar-refractivity contribution in [3.8, 4) is 0 Å². The molecule has 1 saturated heterocycles. The standard InChI is InChI=1S/C19H28N2O/c1-22-14-13-21-11-8-16(9-12-21)7-10-20-19-15-18(19)17-5-3-2-4-6-17/h2-6,16,18H,7-15H2,1H3/b20-19+/t18-/m0/s1. The third-order valence-corrected chi connectivity index (χ3v) is 5.03. The van der Waals surface area contributed by atoms with Crippen LogP contribution >= 0.6 is 0 Å². The highest BCUT2D eigenvalue weighted by molar-refractivity contribution is 6.05. The Kier molecular flexibility index (Phi) is 5.63. The maximum absolute atomic E-state index is 5.16. The van der Waals surface area contributed by atoms with Gasteiger partial charge in [-0.25, -0.2) is 0 Å². The van der Waals surface area contributed by atoms with Gasteiger partial charge in [-0.05, 0) is 50.3 Å². The first kappa shape index (κ1) is 15.7. The van der Waals surface area contributed by atoms with E-state index in [0.29, 0.717) is 5.92 Å². The SMILES string of the molecule is COCCN1CCC(CC/N=C2\C[C@H]2c2ccccc2)CC1. The molecule has 1 atom stereocenters. The van der Waals surface area contributed by atoms with Crippen molar-refractivity contribution in [1.29, 1.82) is 0 Å². The van der Waals surface area contributed by atoms with Crippen LogP contribution in [0.5, 0.6) is 0 Å². The average molecular weight is 300 g/mol. The molecule has 3 rings (SSSR count). The van der Waals surface area contributed by atoms with Gasteiger partial charge in [0.2, 0.25) is 0 Å². The zero-order valence-electron chi connectivity index (χ0n) is 13.7. The fourth-order valence-corrected chi connectivity index (χ4v) is 3.43. The number of aliphatic imine (C=N–C) groups is 1. The normalized spacial score (nSPS) is 24.8. The summed E-state index contributed by atoms with van der Waals surface area (Å²) in [6, 6.07) is 10.8. The second-order valence-electron chi connectivity index (χ2n) is 6.61. The van der Waals surface area contributed by atoms with Gasteiger partial charge in [0.05, 0.1) is 6.61 Å². The summed E-state index contributed by atoms with van der Waals surface area (Å²) in [4.78, 5) is 7.37. The first-order valence-corrected chi connectivity index (χ1v) is 8.66. The van der Waals surface area contributed by atoms with Crippen LogP contribution in [0.25, 0.3) is 0 Å². The minimum atomic E-state index is 0.622. The van der Waals surface area contributed by atoms with E-state index in [1.54, 1.807) is 7.11 Å². The molecule has 0 N–H and O–H groups in total. The number of ether oxygens (including phenoxy) is 1. The lowest BCUT2D eigenvalue weighted by atomic mass is 9.93. The van der Waals surface area contributed by atoms with E-state index in [2.05, 4.69) is 35.2 Å². The molecule has 0 spiro atoms. The quantitative estimate of drug-likeness (QED) is 0.771. The Labute approximate surface area is 134 Å². The van der Waals surface area contributed by atoms with Crippen molar-refractivity contribution in [2.75, 3.05) is 39.9 Å². The molecule has 3 nitrogen and oxygen atoms in total. The minimum Gasteiger partial charge on any atom is -0.383 e. The van der Waals surface area contributed by atoms with Crippen LogP contribution in [0.2, 0.25) is 0 Å². The van der Waals surface area contributed by atoms with Crippen LogP contribution in [0.4, 0.5) is 0 Å². The minimum absolute atomic E-state index is 0.622. The molecule has 22 heavy (non-hydrogen) atoms. The summed E-state index contributed by atoms with van der Waals surface area (Å²) < 4.78 is 5.16. The topological polar surface area (TPSA) is 24.8 Å². The first-order valence-electron chi connectivity index (χ1n) is 8.66. The number of benzene rings is 1. The summed E-state index contributed by atoms with van der Waals surface area (Å²) in [5, 5.41) is 0. The van der Waals surface area contributed by atoms with Gasteiger partial charge in [0.1, 0.15) is 0 Å². The van der Waals surface area contributed by atoms with Crippen LogP contribution in [0.15, 0.2) is 35.3 Å². The monoisotopic (exact) mass is 300 g/mol. The fraction of sp³-hybridized carbons (Fsp3) is 0.632. The lowest BCUT2D eigenvalue weighted by Gasteiger charge is -2.31. The molecular weight excluding hydrogens is 272 g/mol. The Balaban J connectivity index is 1.34. The number of hydrogen-bond acceptors (Lipinski definition) is 3. The zero-order chi connectivity index (χ0) is 15.2. The van der Waals surface area contributed by atoms with Gasteiger partial charge < -0.3 is 9.64 Å². The van der Waals surface area contributed by atoms with Crippen molar-refractivity contribution in [1.82, 2.24) is 4.90 Å². The predicted molar refractivity (Wildman–Crippen MR) is 91.8 cm³/mol. The fourth-order valence-electron chi connectivity index (χ4n) is 3.43. The molecule has 0 aromatic heterocycles. The molecule has 3 heteroatoms. The van der Waals surface area contributed by atoms with Crippen molar-refractivity contribution < 1.29 is 4.74 Å². The summed E-state index contributed by atoms with van der Waals surface area (Å²) in [5.41, 5.74) is 2.86. The molecule has 2 fully saturated rings. The summed E-state index contributed by atoms with van der Waals surface area (Å²) in [6.45, 7) is 5.44. The number of rotatable bonds is 7. The van der Waals surface area contributed by atoms with E-state index in [0.717, 1.165) is 25.6 Å². The largest absolute Gasteiger partial charge is 0.383 e. The molecular formula is C19H28N2O. The van der Waals surface area contributed by atoms with Crippen LogP contribution in [0, 0.1) is 5.92 Å². The molecule has 1 aromatic rings. The maximum atomic E-state index is 5.16. The van der Waals surface area contributed by atoms with Crippen LogP contribution < -0.4 is 0 Å². The molecule has 1 aliphatic carbocycles. The van der Waals surface area contributed by atoms with Crippen molar-refractivity contribution in [2.24, 2.45) is 10.9 Å². The molecule has 2 aliphatic rings. The Hall–Kier alpha value is -1.19. The van der Waals surface area contributed by atoms with Crippen molar-refractivity contribution >= 4 is 5.71 Å². The van der Waals surface area contributed by atoms with E-state index in [1.807, 2.05) is 0 Å². The summed E-state index contributed by atoms with van der Waals surface area (Å²) in [7, 11) is 1.78. The lowest BCUT2D eigenvalue weighted by molar-refractivity contribution is 0.119. The number of nitrogens with zero attached hydrogens (tertiary/aromatic N) is 2. The van der Waals surface area contributed by atoms with Crippen LogP contribution in [0.1, 0.15) is 37.2 Å². The highest BCUT2D eigenvalue weighted by Crippen LogP contribution is 2.37. The summed E-state index contributed by atoms with van der Waals surface area (Å²) >= 11 is 0. The third kappa shape index (κ3) is 4.40. The van der Waals surface area contributed by atoms with Gasteiger partial charge in [-0.1, -0.05) is 30.3 Å². The third-order valence-electron chi connectivity index (χ3n) is 5.03. The van der Waals surface area contributed by atoms with E-state index < -0.39 is 0 Å². The van der Waals surface area contributed by atoms with Gasteiger partial charge in [-0.15, -0.1) is 0 Å². The van der Waals surface area contributed by atoms with Crippen LogP contribution in [-0.2, 0) is 4.74 Å². The Morgan fingerprint density at radius 3 is 2.68 bits per heavy atom. The van der Waals surface area contributed by atoms with E-state index in [4.69, 9.17) is 9.73 Å². The van der Waals surface area contributed by atoms with Crippen molar-refractivity contribution in [3.63, 3.8) is 0 Å². The van der Waals surface area contributed by atoms with Crippen molar-refractivity contribution in [2.45, 2.75) is 31.6 Å².